The maximum absolute atomic E-state index is 9.97. The van der Waals surface area contributed by atoms with Crippen LogP contribution in [0, 0.1) is 5.41 Å². The Kier molecular flexibility index (Phi) is 6.48. The van der Waals surface area contributed by atoms with Crippen molar-refractivity contribution in [2.24, 2.45) is 5.41 Å². The molecule has 2 rings (SSSR count). The minimum Gasteiger partial charge on any atom is -0.491 e. The van der Waals surface area contributed by atoms with E-state index in [1.165, 1.54) is 0 Å². The number of aliphatic hydroxyl groups excluding tert-OH is 1. The van der Waals surface area contributed by atoms with Crippen molar-refractivity contribution in [2.75, 3.05) is 32.9 Å². The molecule has 0 radical (unpaired) electrons. The molecule has 5 heteroatoms. The molecular formula is C16H24BrNO3. The first-order valence-corrected chi connectivity index (χ1v) is 8.22. The van der Waals surface area contributed by atoms with Gasteiger partial charge in [0.25, 0.3) is 0 Å². The number of halogens is 1. The minimum absolute atomic E-state index is 0.281. The number of aliphatic hydroxyl groups is 1. The molecular weight excluding hydrogens is 334 g/mol. The molecule has 0 aliphatic carbocycles. The largest absolute Gasteiger partial charge is 0.491 e. The summed E-state index contributed by atoms with van der Waals surface area (Å²) in [6, 6.07) is 7.63. The highest BCUT2D eigenvalue weighted by Crippen LogP contribution is 2.28. The molecule has 0 spiro atoms. The molecule has 1 atom stereocenters. The van der Waals surface area contributed by atoms with Crippen LogP contribution in [0.4, 0.5) is 0 Å². The first kappa shape index (κ1) is 16.7. The SMILES string of the molecule is CC1(CNCC(O)COc2cccc(Br)c2)CCOCC1. The molecule has 1 aliphatic rings. The Morgan fingerprint density at radius 1 is 1.43 bits per heavy atom. The predicted molar refractivity (Wildman–Crippen MR) is 86.7 cm³/mol. The van der Waals surface area contributed by atoms with Crippen molar-refractivity contribution in [3.05, 3.63) is 28.7 Å². The lowest BCUT2D eigenvalue weighted by atomic mass is 9.82. The number of hydrogen-bond donors (Lipinski definition) is 2. The third-order valence-electron chi connectivity index (χ3n) is 3.87. The van der Waals surface area contributed by atoms with E-state index in [0.717, 1.165) is 42.8 Å². The van der Waals surface area contributed by atoms with Gasteiger partial charge in [0, 0.05) is 30.8 Å². The molecule has 0 amide bonds. The summed E-state index contributed by atoms with van der Waals surface area (Å²) in [5.41, 5.74) is 0.281. The third kappa shape index (κ3) is 5.94. The maximum Gasteiger partial charge on any atom is 0.120 e. The van der Waals surface area contributed by atoms with E-state index in [9.17, 15) is 5.11 Å². The second-order valence-corrected chi connectivity index (χ2v) is 6.89. The van der Waals surface area contributed by atoms with Crippen LogP contribution in [0.3, 0.4) is 0 Å². The summed E-state index contributed by atoms with van der Waals surface area (Å²) in [6.07, 6.45) is 1.64. The summed E-state index contributed by atoms with van der Waals surface area (Å²) >= 11 is 3.40. The second-order valence-electron chi connectivity index (χ2n) is 5.98. The van der Waals surface area contributed by atoms with Gasteiger partial charge in [-0.3, -0.25) is 0 Å². The van der Waals surface area contributed by atoms with Crippen LogP contribution in [0.5, 0.6) is 5.75 Å². The van der Waals surface area contributed by atoms with Crippen molar-refractivity contribution in [1.82, 2.24) is 5.32 Å². The van der Waals surface area contributed by atoms with Crippen LogP contribution in [-0.2, 0) is 4.74 Å². The van der Waals surface area contributed by atoms with E-state index in [4.69, 9.17) is 9.47 Å². The van der Waals surface area contributed by atoms with Gasteiger partial charge >= 0.3 is 0 Å². The Morgan fingerprint density at radius 3 is 2.90 bits per heavy atom. The van der Waals surface area contributed by atoms with E-state index in [1.54, 1.807) is 0 Å². The zero-order valence-corrected chi connectivity index (χ0v) is 14.1. The van der Waals surface area contributed by atoms with Crippen LogP contribution in [0.15, 0.2) is 28.7 Å². The number of hydrogen-bond acceptors (Lipinski definition) is 4. The Morgan fingerprint density at radius 2 is 2.19 bits per heavy atom. The summed E-state index contributed by atoms with van der Waals surface area (Å²) < 4.78 is 11.9. The second kappa shape index (κ2) is 8.13. The van der Waals surface area contributed by atoms with Gasteiger partial charge in [-0.05, 0) is 36.5 Å². The minimum atomic E-state index is -0.507. The van der Waals surface area contributed by atoms with Crippen molar-refractivity contribution >= 4 is 15.9 Å². The Hall–Kier alpha value is -0.620. The average molecular weight is 358 g/mol. The molecule has 1 unspecified atom stereocenters. The van der Waals surface area contributed by atoms with Crippen molar-refractivity contribution in [2.45, 2.75) is 25.9 Å². The lowest BCUT2D eigenvalue weighted by molar-refractivity contribution is 0.0217. The molecule has 1 aromatic rings. The first-order valence-electron chi connectivity index (χ1n) is 7.42. The molecule has 0 bridgehead atoms. The molecule has 0 aromatic heterocycles. The molecule has 1 heterocycles. The van der Waals surface area contributed by atoms with Crippen LogP contribution in [-0.4, -0.2) is 44.1 Å². The van der Waals surface area contributed by atoms with Gasteiger partial charge in [0.15, 0.2) is 0 Å². The topological polar surface area (TPSA) is 50.7 Å². The van der Waals surface area contributed by atoms with Gasteiger partial charge in [-0.15, -0.1) is 0 Å². The average Bonchev–Trinajstić information content (AvgIpc) is 2.46. The molecule has 4 nitrogen and oxygen atoms in total. The molecule has 2 N–H and O–H groups in total. The first-order chi connectivity index (χ1) is 10.1. The fourth-order valence-corrected chi connectivity index (χ4v) is 2.77. The number of ether oxygens (including phenoxy) is 2. The van der Waals surface area contributed by atoms with Crippen molar-refractivity contribution in [1.29, 1.82) is 0 Å². The maximum atomic E-state index is 9.97. The van der Waals surface area contributed by atoms with Crippen LogP contribution >= 0.6 is 15.9 Å². The van der Waals surface area contributed by atoms with Gasteiger partial charge in [-0.25, -0.2) is 0 Å². The highest BCUT2D eigenvalue weighted by molar-refractivity contribution is 9.10. The standard InChI is InChI=1S/C16H24BrNO3/c1-16(5-7-20-8-6-16)12-18-10-14(19)11-21-15-4-2-3-13(17)9-15/h2-4,9,14,18-19H,5-8,10-12H2,1H3. The van der Waals surface area contributed by atoms with E-state index in [2.05, 4.69) is 28.2 Å². The summed E-state index contributed by atoms with van der Waals surface area (Å²) in [4.78, 5) is 0. The van der Waals surface area contributed by atoms with E-state index < -0.39 is 6.10 Å². The van der Waals surface area contributed by atoms with Crippen molar-refractivity contribution < 1.29 is 14.6 Å². The zero-order chi connectivity index (χ0) is 15.1. The zero-order valence-electron chi connectivity index (χ0n) is 12.5. The van der Waals surface area contributed by atoms with E-state index in [1.807, 2.05) is 24.3 Å². The van der Waals surface area contributed by atoms with Gasteiger partial charge < -0.3 is 19.9 Å². The quantitative estimate of drug-likeness (QED) is 0.787. The fourth-order valence-electron chi connectivity index (χ4n) is 2.39. The lowest BCUT2D eigenvalue weighted by Crippen LogP contribution is -2.40. The number of nitrogens with one attached hydrogen (secondary N) is 1. The van der Waals surface area contributed by atoms with Crippen LogP contribution in [0.1, 0.15) is 19.8 Å². The molecule has 1 saturated heterocycles. The number of benzene rings is 1. The van der Waals surface area contributed by atoms with Gasteiger partial charge in [-0.2, -0.15) is 0 Å². The Bertz CT molecular complexity index is 435. The smallest absolute Gasteiger partial charge is 0.120 e. The normalized spacial score (nSPS) is 19.2. The molecule has 118 valence electrons. The van der Waals surface area contributed by atoms with Crippen LogP contribution in [0.25, 0.3) is 0 Å². The summed E-state index contributed by atoms with van der Waals surface area (Å²) in [7, 11) is 0. The Balaban J connectivity index is 1.64. The molecule has 1 fully saturated rings. The summed E-state index contributed by atoms with van der Waals surface area (Å²) in [6.45, 7) is 5.70. The van der Waals surface area contributed by atoms with Crippen molar-refractivity contribution in [3.63, 3.8) is 0 Å². The van der Waals surface area contributed by atoms with Gasteiger partial charge in [0.05, 0.1) is 0 Å². The fraction of sp³-hybridized carbons (Fsp3) is 0.625. The van der Waals surface area contributed by atoms with E-state index in [-0.39, 0.29) is 5.41 Å². The third-order valence-corrected chi connectivity index (χ3v) is 4.36. The monoisotopic (exact) mass is 357 g/mol. The molecule has 1 aliphatic heterocycles. The highest BCUT2D eigenvalue weighted by atomic mass is 79.9. The predicted octanol–water partition coefficient (Wildman–Crippen LogP) is 2.60. The lowest BCUT2D eigenvalue weighted by Gasteiger charge is -2.34. The summed E-state index contributed by atoms with van der Waals surface area (Å²) in [5.74, 6) is 0.764. The van der Waals surface area contributed by atoms with E-state index in [0.29, 0.717) is 13.2 Å². The van der Waals surface area contributed by atoms with Gasteiger partial charge in [0.2, 0.25) is 0 Å². The highest BCUT2D eigenvalue weighted by Gasteiger charge is 2.26. The van der Waals surface area contributed by atoms with E-state index >= 15 is 0 Å². The van der Waals surface area contributed by atoms with Gasteiger partial charge in [-0.1, -0.05) is 28.9 Å². The van der Waals surface area contributed by atoms with Crippen molar-refractivity contribution in [3.8, 4) is 5.75 Å². The molecule has 0 saturated carbocycles. The molecule has 1 aromatic carbocycles. The summed E-state index contributed by atoms with van der Waals surface area (Å²) in [5, 5.41) is 13.3. The van der Waals surface area contributed by atoms with Gasteiger partial charge in [0.1, 0.15) is 18.5 Å². The Labute approximate surface area is 135 Å². The van der Waals surface area contributed by atoms with Crippen LogP contribution < -0.4 is 10.1 Å². The number of rotatable bonds is 7. The molecule has 21 heavy (non-hydrogen) atoms. The van der Waals surface area contributed by atoms with Crippen LogP contribution in [0.2, 0.25) is 0 Å².